The van der Waals surface area contributed by atoms with Crippen LogP contribution in [0, 0.1) is 0 Å². The number of amides is 2. The molecule has 2 amide bonds. The number of hydrogen-bond donors (Lipinski definition) is 0. The van der Waals surface area contributed by atoms with Gasteiger partial charge in [0.15, 0.2) is 5.60 Å². The fourth-order valence-electron chi connectivity index (χ4n) is 4.39. The van der Waals surface area contributed by atoms with Gasteiger partial charge in [0.2, 0.25) is 5.91 Å². The molecule has 0 aliphatic carbocycles. The highest BCUT2D eigenvalue weighted by Gasteiger charge is 2.58. The van der Waals surface area contributed by atoms with Crippen LogP contribution < -0.4 is 0 Å². The molecule has 2 saturated heterocycles. The number of hydrogen-bond acceptors (Lipinski definition) is 4. The van der Waals surface area contributed by atoms with E-state index in [-0.39, 0.29) is 36.7 Å². The van der Waals surface area contributed by atoms with Crippen molar-refractivity contribution in [1.82, 2.24) is 14.8 Å². The molecule has 0 radical (unpaired) electrons. The second-order valence-corrected chi connectivity index (χ2v) is 8.07. The third-order valence-electron chi connectivity index (χ3n) is 5.95. The Morgan fingerprint density at radius 3 is 2.66 bits per heavy atom. The average Bonchev–Trinajstić information content (AvgIpc) is 3.01. The van der Waals surface area contributed by atoms with Gasteiger partial charge in [-0.05, 0) is 31.5 Å². The summed E-state index contributed by atoms with van der Waals surface area (Å²) in [5, 5.41) is 0. The molecule has 1 aromatic carbocycles. The summed E-state index contributed by atoms with van der Waals surface area (Å²) in [6.45, 7) is 5.76. The van der Waals surface area contributed by atoms with Crippen molar-refractivity contribution in [1.29, 1.82) is 0 Å². The molecule has 6 nitrogen and oxygen atoms in total. The first-order valence-corrected chi connectivity index (χ1v) is 10.2. The lowest BCUT2D eigenvalue weighted by Crippen LogP contribution is -2.60. The molecule has 0 saturated carbocycles. The quantitative estimate of drug-likeness (QED) is 0.799. The fraction of sp³-hybridized carbons (Fsp3) is 0.435. The third-order valence-corrected chi connectivity index (χ3v) is 5.95. The second kappa shape index (κ2) is 7.95. The van der Waals surface area contributed by atoms with Crippen molar-refractivity contribution in [2.75, 3.05) is 26.2 Å². The molecule has 2 unspecified atom stereocenters. The van der Waals surface area contributed by atoms with Gasteiger partial charge >= 0.3 is 0 Å². The van der Waals surface area contributed by atoms with E-state index < -0.39 is 5.60 Å². The minimum Gasteiger partial charge on any atom is -0.361 e. The Morgan fingerprint density at radius 1 is 1.21 bits per heavy atom. The molecule has 1 aromatic heterocycles. The van der Waals surface area contributed by atoms with Gasteiger partial charge in [-0.1, -0.05) is 36.4 Å². The molecule has 2 fully saturated rings. The number of carbonyl (C=O) groups is 2. The lowest BCUT2D eigenvalue weighted by Gasteiger charge is -2.42. The van der Waals surface area contributed by atoms with Gasteiger partial charge in [-0.15, -0.1) is 0 Å². The summed E-state index contributed by atoms with van der Waals surface area (Å²) in [5.74, 6) is -0.144. The number of carbonyl (C=O) groups excluding carboxylic acids is 2. The van der Waals surface area contributed by atoms with Crippen LogP contribution in [0.1, 0.15) is 31.0 Å². The van der Waals surface area contributed by atoms with Crippen molar-refractivity contribution >= 4 is 11.8 Å². The van der Waals surface area contributed by atoms with Crippen molar-refractivity contribution < 1.29 is 14.3 Å². The number of benzene rings is 1. The van der Waals surface area contributed by atoms with Crippen LogP contribution in [-0.4, -0.2) is 64.5 Å². The van der Waals surface area contributed by atoms with Crippen LogP contribution in [0.5, 0.6) is 0 Å². The lowest BCUT2D eigenvalue weighted by atomic mass is 9.83. The topological polar surface area (TPSA) is 62.7 Å². The highest BCUT2D eigenvalue weighted by molar-refractivity contribution is 5.91. The van der Waals surface area contributed by atoms with Crippen LogP contribution >= 0.6 is 0 Å². The van der Waals surface area contributed by atoms with E-state index in [1.807, 2.05) is 67.3 Å². The summed E-state index contributed by atoms with van der Waals surface area (Å²) in [6, 6.07) is 15.7. The van der Waals surface area contributed by atoms with Crippen molar-refractivity contribution in [3.05, 3.63) is 66.0 Å². The SMILES string of the molecule is CC(C)N1CC(c2ccccc2)C2(CN(C(=O)Cc3ccccn3)CCO2)C1=O. The Balaban J connectivity index is 1.62. The summed E-state index contributed by atoms with van der Waals surface area (Å²) < 4.78 is 6.22. The number of likely N-dealkylation sites (tertiary alicyclic amines) is 1. The van der Waals surface area contributed by atoms with Crippen molar-refractivity contribution in [2.45, 2.75) is 37.8 Å². The molecule has 4 rings (SSSR count). The molecule has 2 aliphatic rings. The van der Waals surface area contributed by atoms with Gasteiger partial charge < -0.3 is 14.5 Å². The van der Waals surface area contributed by atoms with Crippen LogP contribution in [-0.2, 0) is 20.7 Å². The molecule has 3 heterocycles. The molecule has 2 atom stereocenters. The van der Waals surface area contributed by atoms with E-state index in [9.17, 15) is 9.59 Å². The standard InChI is InChI=1S/C23H27N3O3/c1-17(2)26-15-20(18-8-4-3-5-9-18)23(22(26)28)16-25(12-13-29-23)21(27)14-19-10-6-7-11-24-19/h3-11,17,20H,12-16H2,1-2H3. The summed E-state index contributed by atoms with van der Waals surface area (Å²) in [6.07, 6.45) is 1.92. The van der Waals surface area contributed by atoms with Gasteiger partial charge in [-0.2, -0.15) is 0 Å². The minimum atomic E-state index is -1.02. The Labute approximate surface area is 171 Å². The second-order valence-electron chi connectivity index (χ2n) is 8.07. The summed E-state index contributed by atoms with van der Waals surface area (Å²) >= 11 is 0. The highest BCUT2D eigenvalue weighted by atomic mass is 16.5. The number of pyridine rings is 1. The zero-order chi connectivity index (χ0) is 20.4. The van der Waals surface area contributed by atoms with Gasteiger partial charge in [0.25, 0.3) is 5.91 Å². The fourth-order valence-corrected chi connectivity index (χ4v) is 4.39. The first-order chi connectivity index (χ1) is 14.0. The maximum Gasteiger partial charge on any atom is 0.257 e. The van der Waals surface area contributed by atoms with E-state index in [2.05, 4.69) is 4.98 Å². The Bertz CT molecular complexity index is 871. The van der Waals surface area contributed by atoms with Crippen LogP contribution in [0.2, 0.25) is 0 Å². The van der Waals surface area contributed by atoms with Crippen LogP contribution in [0.15, 0.2) is 54.7 Å². The first kappa shape index (κ1) is 19.6. The van der Waals surface area contributed by atoms with Gasteiger partial charge in [-0.3, -0.25) is 14.6 Å². The zero-order valence-electron chi connectivity index (χ0n) is 17.0. The summed E-state index contributed by atoms with van der Waals surface area (Å²) in [7, 11) is 0. The van der Waals surface area contributed by atoms with E-state index in [1.165, 1.54) is 0 Å². The molecule has 1 spiro atoms. The van der Waals surface area contributed by atoms with Crippen molar-refractivity contribution in [2.24, 2.45) is 0 Å². The molecular weight excluding hydrogens is 366 g/mol. The Kier molecular flexibility index (Phi) is 5.37. The Morgan fingerprint density at radius 2 is 1.97 bits per heavy atom. The Hall–Kier alpha value is -2.73. The lowest BCUT2D eigenvalue weighted by molar-refractivity contribution is -0.168. The molecular formula is C23H27N3O3. The first-order valence-electron chi connectivity index (χ1n) is 10.2. The molecule has 2 aromatic rings. The smallest absolute Gasteiger partial charge is 0.257 e. The van der Waals surface area contributed by atoms with Crippen molar-refractivity contribution in [3.63, 3.8) is 0 Å². The predicted octanol–water partition coefficient (Wildman–Crippen LogP) is 2.26. The minimum absolute atomic E-state index is 0.0170. The molecule has 0 bridgehead atoms. The number of rotatable bonds is 4. The third kappa shape index (κ3) is 3.65. The monoisotopic (exact) mass is 393 g/mol. The number of aromatic nitrogens is 1. The largest absolute Gasteiger partial charge is 0.361 e. The van der Waals surface area contributed by atoms with Gasteiger partial charge in [0.1, 0.15) is 0 Å². The molecule has 152 valence electrons. The van der Waals surface area contributed by atoms with E-state index in [1.54, 1.807) is 11.1 Å². The predicted molar refractivity (Wildman–Crippen MR) is 109 cm³/mol. The zero-order valence-corrected chi connectivity index (χ0v) is 17.0. The van der Waals surface area contributed by atoms with E-state index in [4.69, 9.17) is 4.74 Å². The molecule has 0 N–H and O–H groups in total. The van der Waals surface area contributed by atoms with Gasteiger partial charge in [0, 0.05) is 36.9 Å². The van der Waals surface area contributed by atoms with Crippen LogP contribution in [0.4, 0.5) is 0 Å². The molecule has 29 heavy (non-hydrogen) atoms. The van der Waals surface area contributed by atoms with Gasteiger partial charge in [-0.25, -0.2) is 0 Å². The molecule has 6 heteroatoms. The highest BCUT2D eigenvalue weighted by Crippen LogP contribution is 2.42. The van der Waals surface area contributed by atoms with Crippen LogP contribution in [0.25, 0.3) is 0 Å². The van der Waals surface area contributed by atoms with Crippen molar-refractivity contribution in [3.8, 4) is 0 Å². The van der Waals surface area contributed by atoms with E-state index >= 15 is 0 Å². The number of ether oxygens (including phenoxy) is 1. The maximum atomic E-state index is 13.5. The van der Waals surface area contributed by atoms with Gasteiger partial charge in [0.05, 0.1) is 19.6 Å². The van der Waals surface area contributed by atoms with Crippen LogP contribution in [0.3, 0.4) is 0 Å². The number of nitrogens with zero attached hydrogens (tertiary/aromatic N) is 3. The van der Waals surface area contributed by atoms with E-state index in [0.29, 0.717) is 19.7 Å². The maximum absolute atomic E-state index is 13.5. The van der Waals surface area contributed by atoms with E-state index in [0.717, 1.165) is 11.3 Å². The summed E-state index contributed by atoms with van der Waals surface area (Å²) in [4.78, 5) is 34.4. The summed E-state index contributed by atoms with van der Waals surface area (Å²) in [5.41, 5.74) is 0.783. The number of morpholine rings is 1. The average molecular weight is 393 g/mol. The molecule has 2 aliphatic heterocycles. The normalized spacial score (nSPS) is 24.5.